The maximum Gasteiger partial charge on any atom is 0.132 e. The molecule has 0 amide bonds. The molecule has 8 aromatic carbocycles. The monoisotopic (exact) mass is 744 g/mol. The van der Waals surface area contributed by atoms with Crippen molar-refractivity contribution < 1.29 is 4.74 Å². The molecule has 4 aliphatic rings. The van der Waals surface area contributed by atoms with Gasteiger partial charge in [-0.1, -0.05) is 164 Å². The SMILES string of the molecule is CN1C(c2ccccc2)=NC(c2ccccc2-c2ccc3c(c2)Oc2ccccc2C32c3ccccc3-c3ccccc32)CC1c1cc2c3c(cccc3c1)CC=C2. The highest BCUT2D eigenvalue weighted by molar-refractivity contribution is 6.00. The number of hydrogen-bond donors (Lipinski definition) is 0. The van der Waals surface area contributed by atoms with Crippen molar-refractivity contribution in [3.05, 3.63) is 232 Å². The number of aliphatic imine (C=N–C) groups is 1. The van der Waals surface area contributed by atoms with Crippen molar-refractivity contribution in [3.63, 3.8) is 0 Å². The Bertz CT molecular complexity index is 2980. The van der Waals surface area contributed by atoms with E-state index in [1.807, 2.05) is 0 Å². The summed E-state index contributed by atoms with van der Waals surface area (Å²) in [5.74, 6) is 2.81. The minimum Gasteiger partial charge on any atom is -0.457 e. The van der Waals surface area contributed by atoms with Crippen LogP contribution in [0.25, 0.3) is 39.1 Å². The molecule has 2 aliphatic carbocycles. The van der Waals surface area contributed by atoms with Crippen molar-refractivity contribution in [2.24, 2.45) is 4.99 Å². The first-order valence-corrected chi connectivity index (χ1v) is 20.5. The number of rotatable bonds is 4. The third-order valence-corrected chi connectivity index (χ3v) is 13.2. The Hall–Kier alpha value is -6.97. The third kappa shape index (κ3) is 4.77. The van der Waals surface area contributed by atoms with E-state index in [1.165, 1.54) is 72.0 Å². The van der Waals surface area contributed by atoms with E-state index in [2.05, 4.69) is 200 Å². The Kier molecular flexibility index (Phi) is 7.31. The molecule has 1 spiro atoms. The van der Waals surface area contributed by atoms with Crippen LogP contribution in [0.15, 0.2) is 187 Å². The van der Waals surface area contributed by atoms with E-state index in [0.717, 1.165) is 41.3 Å². The zero-order valence-electron chi connectivity index (χ0n) is 32.3. The molecule has 0 N–H and O–H groups in total. The summed E-state index contributed by atoms with van der Waals surface area (Å²) in [6.07, 6.45) is 6.45. The molecule has 2 aliphatic heterocycles. The molecule has 0 radical (unpaired) electrons. The van der Waals surface area contributed by atoms with Gasteiger partial charge in [0.2, 0.25) is 0 Å². The van der Waals surface area contributed by atoms with Crippen LogP contribution in [-0.4, -0.2) is 17.8 Å². The van der Waals surface area contributed by atoms with E-state index in [1.54, 1.807) is 0 Å². The van der Waals surface area contributed by atoms with E-state index in [9.17, 15) is 0 Å². The summed E-state index contributed by atoms with van der Waals surface area (Å²) in [6, 6.07) is 64.6. The topological polar surface area (TPSA) is 24.8 Å². The maximum atomic E-state index is 6.94. The van der Waals surface area contributed by atoms with Gasteiger partial charge in [0.1, 0.15) is 17.3 Å². The zero-order chi connectivity index (χ0) is 38.4. The maximum absolute atomic E-state index is 6.94. The summed E-state index contributed by atoms with van der Waals surface area (Å²) in [5.41, 5.74) is 15.7. The summed E-state index contributed by atoms with van der Waals surface area (Å²) in [6.45, 7) is 0. The predicted octanol–water partition coefficient (Wildman–Crippen LogP) is 13.1. The molecule has 2 atom stereocenters. The first-order valence-electron chi connectivity index (χ1n) is 20.5. The van der Waals surface area contributed by atoms with E-state index in [-0.39, 0.29) is 12.1 Å². The molecular weight excluding hydrogens is 705 g/mol. The highest BCUT2D eigenvalue weighted by atomic mass is 16.5. The van der Waals surface area contributed by atoms with Gasteiger partial charge in [-0.2, -0.15) is 0 Å². The lowest BCUT2D eigenvalue weighted by molar-refractivity contribution is 0.308. The summed E-state index contributed by atoms with van der Waals surface area (Å²) < 4.78 is 6.94. The van der Waals surface area contributed by atoms with Crippen molar-refractivity contribution in [2.75, 3.05) is 7.05 Å². The minimum absolute atomic E-state index is 0.0702. The minimum atomic E-state index is -0.486. The molecule has 0 bridgehead atoms. The smallest absolute Gasteiger partial charge is 0.132 e. The lowest BCUT2D eigenvalue weighted by atomic mass is 9.66. The average molecular weight is 745 g/mol. The van der Waals surface area contributed by atoms with Gasteiger partial charge < -0.3 is 9.64 Å². The predicted molar refractivity (Wildman–Crippen MR) is 237 cm³/mol. The largest absolute Gasteiger partial charge is 0.457 e. The van der Waals surface area contributed by atoms with Crippen molar-refractivity contribution in [1.29, 1.82) is 0 Å². The third-order valence-electron chi connectivity index (χ3n) is 13.2. The second-order valence-electron chi connectivity index (χ2n) is 16.2. The second-order valence-corrected chi connectivity index (χ2v) is 16.2. The molecule has 12 rings (SSSR count). The number of hydrogen-bond acceptors (Lipinski definition) is 3. The van der Waals surface area contributed by atoms with Crippen molar-refractivity contribution in [3.8, 4) is 33.8 Å². The van der Waals surface area contributed by atoms with E-state index in [4.69, 9.17) is 9.73 Å². The summed E-state index contributed by atoms with van der Waals surface area (Å²) in [5, 5.41) is 2.69. The van der Waals surface area contributed by atoms with Crippen LogP contribution in [0.4, 0.5) is 0 Å². The first kappa shape index (κ1) is 33.2. The van der Waals surface area contributed by atoms with Gasteiger partial charge in [0.05, 0.1) is 17.5 Å². The van der Waals surface area contributed by atoms with E-state index >= 15 is 0 Å². The summed E-state index contributed by atoms with van der Waals surface area (Å²) in [4.78, 5) is 8.02. The number of nitrogens with zero attached hydrogens (tertiary/aromatic N) is 2. The van der Waals surface area contributed by atoms with Gasteiger partial charge in [0.25, 0.3) is 0 Å². The van der Waals surface area contributed by atoms with Crippen LogP contribution in [0.5, 0.6) is 11.5 Å². The molecule has 3 heteroatoms. The van der Waals surface area contributed by atoms with Crippen molar-refractivity contribution >= 4 is 22.7 Å². The second kappa shape index (κ2) is 12.8. The van der Waals surface area contributed by atoms with Crippen molar-refractivity contribution in [2.45, 2.75) is 30.3 Å². The number of allylic oxidation sites excluding steroid dienone is 1. The van der Waals surface area contributed by atoms with E-state index in [0.29, 0.717) is 0 Å². The standard InChI is InChI=1S/C55H40N2O/c1-57-50(40-31-38-19-13-17-35-18-14-20-39(32-40)53(35)38)34-49(56-54(57)36-15-3-2-4-16-36)44-24-6-5-21-41(44)37-29-30-48-52(33-37)58-51-28-12-11-27-47(51)55(48)45-25-9-7-22-42(45)43-23-8-10-26-46(43)55/h2-17,19-33,49-50H,18,34H2,1H3. The van der Waals surface area contributed by atoms with Gasteiger partial charge in [-0.15, -0.1) is 0 Å². The van der Waals surface area contributed by atoms with Crippen LogP contribution in [0.1, 0.15) is 68.6 Å². The van der Waals surface area contributed by atoms with Gasteiger partial charge in [0.15, 0.2) is 0 Å². The lowest BCUT2D eigenvalue weighted by Crippen LogP contribution is -2.37. The van der Waals surface area contributed by atoms with Gasteiger partial charge in [-0.3, -0.25) is 4.99 Å². The highest BCUT2D eigenvalue weighted by Crippen LogP contribution is 2.62. The van der Waals surface area contributed by atoms with Crippen LogP contribution in [0, 0.1) is 0 Å². The van der Waals surface area contributed by atoms with Crippen molar-refractivity contribution in [1.82, 2.24) is 4.90 Å². The number of ether oxygens (including phenoxy) is 1. The Balaban J connectivity index is 1.01. The highest BCUT2D eigenvalue weighted by Gasteiger charge is 2.51. The Morgan fingerprint density at radius 3 is 2.09 bits per heavy atom. The summed E-state index contributed by atoms with van der Waals surface area (Å²) >= 11 is 0. The molecule has 2 heterocycles. The fourth-order valence-electron chi connectivity index (χ4n) is 10.7. The number of amidine groups is 1. The quantitative estimate of drug-likeness (QED) is 0.179. The molecule has 3 nitrogen and oxygen atoms in total. The Morgan fingerprint density at radius 1 is 0.586 bits per heavy atom. The summed E-state index contributed by atoms with van der Waals surface area (Å²) in [7, 11) is 2.22. The van der Waals surface area contributed by atoms with Crippen LogP contribution in [0.2, 0.25) is 0 Å². The van der Waals surface area contributed by atoms with Gasteiger partial charge in [0, 0.05) is 23.7 Å². The van der Waals surface area contributed by atoms with Gasteiger partial charge in [-0.05, 0) is 104 Å². The number of fused-ring (bicyclic) bond motifs is 9. The van der Waals surface area contributed by atoms with Crippen LogP contribution in [-0.2, 0) is 11.8 Å². The van der Waals surface area contributed by atoms with Crippen LogP contribution < -0.4 is 4.74 Å². The normalized spacial score (nSPS) is 17.9. The fourth-order valence-corrected chi connectivity index (χ4v) is 10.7. The van der Waals surface area contributed by atoms with E-state index < -0.39 is 5.41 Å². The molecule has 0 fully saturated rings. The molecule has 58 heavy (non-hydrogen) atoms. The first-order chi connectivity index (χ1) is 28.7. The van der Waals surface area contributed by atoms with Gasteiger partial charge in [-0.25, -0.2) is 0 Å². The Morgan fingerprint density at radius 2 is 1.28 bits per heavy atom. The van der Waals surface area contributed by atoms with Gasteiger partial charge >= 0.3 is 0 Å². The molecule has 0 saturated heterocycles. The Labute approximate surface area is 339 Å². The average Bonchev–Trinajstić information content (AvgIpc) is 3.57. The zero-order valence-corrected chi connectivity index (χ0v) is 32.3. The molecular formula is C55H40N2O. The number of para-hydroxylation sites is 1. The van der Waals surface area contributed by atoms with Crippen LogP contribution in [0.3, 0.4) is 0 Å². The molecule has 0 aromatic heterocycles. The molecule has 276 valence electrons. The lowest BCUT2D eigenvalue weighted by Gasteiger charge is -2.40. The molecule has 0 saturated carbocycles. The number of benzene rings is 8. The fraction of sp³-hybridized carbons (Fsp3) is 0.109. The molecule has 2 unspecified atom stereocenters. The van der Waals surface area contributed by atoms with Crippen LogP contribution >= 0.6 is 0 Å². The molecule has 8 aromatic rings.